The molecule has 0 saturated carbocycles. The van der Waals surface area contributed by atoms with E-state index in [0.717, 1.165) is 5.56 Å². The molecule has 0 unspecified atom stereocenters. The molecule has 1 N–H and O–H groups in total. The Morgan fingerprint density at radius 2 is 1.90 bits per heavy atom. The van der Waals surface area contributed by atoms with Crippen LogP contribution in [-0.4, -0.2) is 54.0 Å². The number of unbranched alkanes of at least 4 members (excludes halogenated alkanes) is 1. The van der Waals surface area contributed by atoms with Crippen LogP contribution in [0, 0.1) is 5.41 Å². The number of ether oxygens (including phenoxy) is 3. The van der Waals surface area contributed by atoms with Crippen LogP contribution < -0.4 is 14.4 Å². The molecule has 0 bridgehead atoms. The van der Waals surface area contributed by atoms with E-state index in [9.17, 15) is 9.59 Å². The van der Waals surface area contributed by atoms with Crippen molar-refractivity contribution in [1.29, 1.82) is 0 Å². The van der Waals surface area contributed by atoms with Crippen LogP contribution in [0.15, 0.2) is 40.9 Å². The third-order valence-corrected chi connectivity index (χ3v) is 6.90. The highest BCUT2D eigenvalue weighted by Gasteiger charge is 2.40. The molecule has 2 aromatic carbocycles. The second-order valence-electron chi connectivity index (χ2n) is 11.2. The lowest BCUT2D eigenvalue weighted by molar-refractivity contribution is -0.137. The molecule has 0 spiro atoms. The minimum Gasteiger partial charge on any atom is -0.493 e. The van der Waals surface area contributed by atoms with Gasteiger partial charge in [0.25, 0.3) is 5.91 Å². The van der Waals surface area contributed by atoms with Crippen LogP contribution in [0.1, 0.15) is 69.0 Å². The molecule has 0 radical (unpaired) electrons. The van der Waals surface area contributed by atoms with Gasteiger partial charge in [0.15, 0.2) is 17.3 Å². The van der Waals surface area contributed by atoms with E-state index in [1.807, 2.05) is 24.3 Å². The summed E-state index contributed by atoms with van der Waals surface area (Å²) in [4.78, 5) is 31.2. The number of halogens is 1. The number of anilines is 1. The molecule has 2 heterocycles. The summed E-state index contributed by atoms with van der Waals surface area (Å²) in [6.45, 7) is 6.63. The van der Waals surface area contributed by atoms with Gasteiger partial charge in [-0.15, -0.1) is 0 Å². The molecule has 0 fully saturated rings. The highest BCUT2D eigenvalue weighted by atomic mass is 35.5. The van der Waals surface area contributed by atoms with Crippen molar-refractivity contribution >= 4 is 29.2 Å². The fourth-order valence-electron chi connectivity index (χ4n) is 4.89. The quantitative estimate of drug-likeness (QED) is 0.284. The average molecular weight is 586 g/mol. The van der Waals surface area contributed by atoms with Gasteiger partial charge in [0.05, 0.1) is 14.2 Å². The number of benzene rings is 2. The summed E-state index contributed by atoms with van der Waals surface area (Å²) >= 11 is 6.49. The van der Waals surface area contributed by atoms with E-state index in [-0.39, 0.29) is 24.2 Å². The number of hydrogen-bond donors (Lipinski definition) is 1. The van der Waals surface area contributed by atoms with E-state index in [1.54, 1.807) is 31.3 Å². The van der Waals surface area contributed by atoms with E-state index in [2.05, 4.69) is 30.9 Å². The molecule has 3 aromatic rings. The monoisotopic (exact) mass is 585 g/mol. The third-order valence-electron chi connectivity index (χ3n) is 6.66. The maximum Gasteiger partial charge on any atom is 0.303 e. The number of fused-ring (bicyclic) bond motifs is 1. The average Bonchev–Trinajstić information content (AvgIpc) is 3.34. The van der Waals surface area contributed by atoms with Gasteiger partial charge in [-0.3, -0.25) is 9.59 Å². The van der Waals surface area contributed by atoms with Gasteiger partial charge in [0.1, 0.15) is 12.2 Å². The molecule has 4 rings (SSSR count). The van der Waals surface area contributed by atoms with Crippen molar-refractivity contribution in [3.05, 3.63) is 64.3 Å². The number of amides is 1. The van der Waals surface area contributed by atoms with Crippen LogP contribution in [0.5, 0.6) is 11.5 Å². The number of aliphatic carboxylic acids is 1. The first-order chi connectivity index (χ1) is 19.5. The van der Waals surface area contributed by atoms with Crippen molar-refractivity contribution in [3.8, 4) is 11.5 Å². The molecule has 10 nitrogen and oxygen atoms in total. The Morgan fingerprint density at radius 1 is 1.12 bits per heavy atom. The zero-order chi connectivity index (χ0) is 29.7. The molecule has 0 aliphatic carbocycles. The summed E-state index contributed by atoms with van der Waals surface area (Å²) in [5.41, 5.74) is 1.87. The number of nitrogens with zero attached hydrogens (tertiary/aromatic N) is 3. The molecule has 1 aliphatic rings. The number of hydrogen-bond acceptors (Lipinski definition) is 8. The normalized spacial score (nSPS) is 17.2. The van der Waals surface area contributed by atoms with Crippen LogP contribution in [-0.2, 0) is 27.2 Å². The maximum atomic E-state index is 14.2. The first-order valence-electron chi connectivity index (χ1n) is 13.5. The lowest BCUT2D eigenvalue weighted by Crippen LogP contribution is -2.44. The maximum absolute atomic E-state index is 14.2. The van der Waals surface area contributed by atoms with Gasteiger partial charge >= 0.3 is 5.97 Å². The Bertz CT molecular complexity index is 1380. The van der Waals surface area contributed by atoms with E-state index < -0.39 is 18.2 Å². The van der Waals surface area contributed by atoms with E-state index in [4.69, 9.17) is 35.4 Å². The molecule has 2 atom stereocenters. The summed E-state index contributed by atoms with van der Waals surface area (Å²) in [5, 5.41) is 13.5. The number of methoxy groups -OCH3 is 2. The van der Waals surface area contributed by atoms with Gasteiger partial charge in [-0.2, -0.15) is 4.98 Å². The number of carboxylic acid groups (broad SMARTS) is 1. The molecular weight excluding hydrogens is 550 g/mol. The smallest absolute Gasteiger partial charge is 0.303 e. The van der Waals surface area contributed by atoms with Crippen molar-refractivity contribution in [2.45, 2.75) is 65.1 Å². The van der Waals surface area contributed by atoms with Crippen LogP contribution in [0.2, 0.25) is 5.02 Å². The lowest BCUT2D eigenvalue weighted by atomic mass is 9.94. The Labute approximate surface area is 244 Å². The van der Waals surface area contributed by atoms with Crippen molar-refractivity contribution in [2.24, 2.45) is 5.41 Å². The summed E-state index contributed by atoms with van der Waals surface area (Å²) in [7, 11) is 3.12. The Morgan fingerprint density at radius 3 is 2.59 bits per heavy atom. The second-order valence-corrected chi connectivity index (χ2v) is 11.6. The summed E-state index contributed by atoms with van der Waals surface area (Å²) in [5.74, 6) is 0.656. The first-order valence-corrected chi connectivity index (χ1v) is 13.9. The second kappa shape index (κ2) is 12.9. The highest BCUT2D eigenvalue weighted by molar-refractivity contribution is 6.30. The van der Waals surface area contributed by atoms with Crippen molar-refractivity contribution in [2.75, 3.05) is 25.7 Å². The van der Waals surface area contributed by atoms with Gasteiger partial charge < -0.3 is 28.7 Å². The Kier molecular flexibility index (Phi) is 9.55. The molecule has 41 heavy (non-hydrogen) atoms. The predicted octanol–water partition coefficient (Wildman–Crippen LogP) is 5.65. The van der Waals surface area contributed by atoms with Gasteiger partial charge in [0.2, 0.25) is 5.89 Å². The summed E-state index contributed by atoms with van der Waals surface area (Å²) in [6, 6.07) is 10.9. The van der Waals surface area contributed by atoms with Crippen LogP contribution in [0.3, 0.4) is 0 Å². The Balaban J connectivity index is 1.74. The fourth-order valence-corrected chi connectivity index (χ4v) is 5.08. The highest BCUT2D eigenvalue weighted by Crippen LogP contribution is 2.45. The standard InChI is InChI=1S/C30H36ClN3O7/c1-30(2,3)17-34-21-14-13-18(31)15-20(21)27(19-9-8-10-22(38-4)28(19)39-5)40-23(29(34)37)16-24-32-25(41-33-24)11-6-7-12-26(35)36/h8-10,13-15,23,27H,6-7,11-12,16-17H2,1-5H3,(H,35,36)/t23-,27-/m1/s1. The van der Waals surface area contributed by atoms with Gasteiger partial charge in [0, 0.05) is 47.6 Å². The van der Waals surface area contributed by atoms with E-state index >= 15 is 0 Å². The largest absolute Gasteiger partial charge is 0.493 e. The van der Waals surface area contributed by atoms with Gasteiger partial charge in [-0.25, -0.2) is 0 Å². The number of rotatable bonds is 11. The molecule has 220 valence electrons. The number of carbonyl (C=O) groups is 2. The predicted molar refractivity (Wildman–Crippen MR) is 153 cm³/mol. The Hall–Kier alpha value is -3.63. The number of carboxylic acids is 1. The van der Waals surface area contributed by atoms with E-state index in [1.165, 1.54) is 0 Å². The van der Waals surface area contributed by atoms with Gasteiger partial charge in [-0.1, -0.05) is 49.7 Å². The van der Waals surface area contributed by atoms with Gasteiger partial charge in [-0.05, 0) is 42.5 Å². The molecule has 1 aromatic heterocycles. The van der Waals surface area contributed by atoms with Crippen molar-refractivity contribution in [1.82, 2.24) is 10.1 Å². The number of carbonyl (C=O) groups excluding carboxylic acids is 1. The SMILES string of the molecule is COc1cccc([C@H]2O[C@H](Cc3noc(CCCCC(=O)O)n3)C(=O)N(CC(C)(C)C)c3ccc(Cl)cc32)c1OC. The number of aryl methyl sites for hydroxylation is 1. The molecule has 1 aliphatic heterocycles. The van der Waals surface area contributed by atoms with Crippen molar-refractivity contribution in [3.63, 3.8) is 0 Å². The van der Waals surface area contributed by atoms with Crippen LogP contribution >= 0.6 is 11.6 Å². The van der Waals surface area contributed by atoms with Crippen molar-refractivity contribution < 1.29 is 33.4 Å². The minimum absolute atomic E-state index is 0.0720. The molecule has 1 amide bonds. The minimum atomic E-state index is -0.957. The van der Waals surface area contributed by atoms with Crippen LogP contribution in [0.25, 0.3) is 0 Å². The molecule has 0 saturated heterocycles. The molecular formula is C30H36ClN3O7. The molecule has 11 heteroatoms. The first kappa shape index (κ1) is 30.3. The summed E-state index contributed by atoms with van der Waals surface area (Å²) < 4.78 is 23.3. The summed E-state index contributed by atoms with van der Waals surface area (Å²) in [6.07, 6.45) is 0.0157. The zero-order valence-corrected chi connectivity index (χ0v) is 24.7. The lowest BCUT2D eigenvalue weighted by Gasteiger charge is -2.31. The van der Waals surface area contributed by atoms with Crippen LogP contribution in [0.4, 0.5) is 5.69 Å². The number of aromatic nitrogens is 2. The third kappa shape index (κ3) is 7.37. The zero-order valence-electron chi connectivity index (χ0n) is 24.0. The fraction of sp³-hybridized carbons (Fsp3) is 0.467. The topological polar surface area (TPSA) is 124 Å². The van der Waals surface area contributed by atoms with E-state index in [0.29, 0.717) is 65.3 Å². The number of para-hydroxylation sites is 1.